The topological polar surface area (TPSA) is 157 Å². The molecule has 0 saturated carbocycles. The molecule has 2 rings (SSSR count). The van der Waals surface area contributed by atoms with Crippen LogP contribution in [-0.2, 0) is 33.4 Å². The zero-order valence-corrected chi connectivity index (χ0v) is 30.7. The number of aliphatic hydroxyl groups excluding tert-OH is 1. The summed E-state index contributed by atoms with van der Waals surface area (Å²) in [7, 11) is 0. The van der Waals surface area contributed by atoms with Crippen LogP contribution in [0, 0.1) is 29.6 Å². The van der Waals surface area contributed by atoms with E-state index >= 15 is 0 Å². The van der Waals surface area contributed by atoms with Gasteiger partial charge in [0.1, 0.15) is 12.4 Å². The Hall–Kier alpha value is -3.47. The van der Waals surface area contributed by atoms with E-state index in [2.05, 4.69) is 6.92 Å². The third-order valence-electron chi connectivity index (χ3n) is 9.52. The van der Waals surface area contributed by atoms with Gasteiger partial charge >= 0.3 is 17.9 Å². The van der Waals surface area contributed by atoms with Crippen LogP contribution in [0.5, 0.6) is 5.75 Å². The normalized spacial score (nSPS) is 17.7. The second-order valence-corrected chi connectivity index (χ2v) is 13.7. The third-order valence-corrected chi connectivity index (χ3v) is 9.52. The zero-order chi connectivity index (χ0) is 36.9. The summed E-state index contributed by atoms with van der Waals surface area (Å²) in [6.45, 7) is 7.33. The van der Waals surface area contributed by atoms with Crippen molar-refractivity contribution in [1.82, 2.24) is 0 Å². The van der Waals surface area contributed by atoms with Crippen molar-refractivity contribution in [2.24, 2.45) is 29.6 Å². The first-order valence-electron chi connectivity index (χ1n) is 18.8. The zero-order valence-electron chi connectivity index (χ0n) is 30.7. The Morgan fingerprint density at radius 1 is 0.740 bits per heavy atom. The number of hydrogen-bond acceptors (Lipinski definition) is 9. The van der Waals surface area contributed by atoms with Crippen molar-refractivity contribution in [3.05, 3.63) is 24.3 Å². The van der Waals surface area contributed by atoms with Crippen molar-refractivity contribution in [2.45, 2.75) is 124 Å². The van der Waals surface area contributed by atoms with E-state index in [-0.39, 0.29) is 32.5 Å². The quantitative estimate of drug-likeness (QED) is 0.0550. The van der Waals surface area contributed by atoms with Crippen LogP contribution >= 0.6 is 0 Å². The molecule has 1 aromatic carbocycles. The summed E-state index contributed by atoms with van der Waals surface area (Å²) in [6.07, 6.45) is 13.5. The molecule has 5 atom stereocenters. The minimum absolute atomic E-state index is 0.0725. The highest BCUT2D eigenvalue weighted by molar-refractivity contribution is 6.22. The molecule has 0 spiro atoms. The highest BCUT2D eigenvalue weighted by Crippen LogP contribution is 2.37. The van der Waals surface area contributed by atoms with Crippen LogP contribution in [0.25, 0.3) is 0 Å². The summed E-state index contributed by atoms with van der Waals surface area (Å²) in [4.78, 5) is 66.2. The lowest BCUT2D eigenvalue weighted by Gasteiger charge is -2.25. The van der Waals surface area contributed by atoms with Crippen molar-refractivity contribution in [3.63, 3.8) is 0 Å². The molecule has 0 bridgehead atoms. The number of anilines is 1. The number of hydrogen-bond donors (Lipinski definition) is 2. The van der Waals surface area contributed by atoms with Crippen molar-refractivity contribution >= 4 is 35.4 Å². The Bertz CT molecular complexity index is 1190. The standard InChI is InChI=1S/C39H61NO10/c1-5-7-9-10-11-12-13-14-15-16-23-48-33-19-17-32(18-20-33)40-35(42)29(4)34(36(40)43)27-31(39(47)50-24-21-41)26-30(25-28(3)37(44)45)38(46)49-22-8-6-2/h17-20,28-31,34,41H,5-16,21-27H2,1-4H3,(H,44,45). The second-order valence-electron chi connectivity index (χ2n) is 13.7. The lowest BCUT2D eigenvalue weighted by Crippen LogP contribution is -2.33. The van der Waals surface area contributed by atoms with E-state index in [0.717, 1.165) is 24.2 Å². The van der Waals surface area contributed by atoms with E-state index in [1.807, 2.05) is 6.92 Å². The molecule has 0 aromatic heterocycles. The molecule has 11 heteroatoms. The van der Waals surface area contributed by atoms with Crippen molar-refractivity contribution in [2.75, 3.05) is 31.3 Å². The van der Waals surface area contributed by atoms with Crippen LogP contribution in [0.2, 0.25) is 0 Å². The van der Waals surface area contributed by atoms with E-state index < -0.39 is 65.9 Å². The first-order valence-corrected chi connectivity index (χ1v) is 18.8. The van der Waals surface area contributed by atoms with Crippen LogP contribution in [0.1, 0.15) is 124 Å². The Kier molecular flexibility index (Phi) is 20.4. The lowest BCUT2D eigenvalue weighted by atomic mass is 9.80. The summed E-state index contributed by atoms with van der Waals surface area (Å²) < 4.78 is 16.5. The van der Waals surface area contributed by atoms with Gasteiger partial charge in [0, 0.05) is 5.92 Å². The molecule has 1 saturated heterocycles. The van der Waals surface area contributed by atoms with Crippen LogP contribution in [0.15, 0.2) is 24.3 Å². The third kappa shape index (κ3) is 14.4. The van der Waals surface area contributed by atoms with E-state index in [0.29, 0.717) is 24.5 Å². The molecule has 50 heavy (non-hydrogen) atoms. The van der Waals surface area contributed by atoms with Crippen LogP contribution in [0.3, 0.4) is 0 Å². The number of nitrogens with zero attached hydrogens (tertiary/aromatic N) is 1. The summed E-state index contributed by atoms with van der Waals surface area (Å²) in [6, 6.07) is 6.80. The molecule has 1 heterocycles. The molecule has 1 fully saturated rings. The van der Waals surface area contributed by atoms with Gasteiger partial charge in [-0.15, -0.1) is 0 Å². The van der Waals surface area contributed by atoms with Gasteiger partial charge in [-0.1, -0.05) is 91.9 Å². The average molecular weight is 704 g/mol. The number of aliphatic hydroxyl groups is 1. The highest BCUT2D eigenvalue weighted by atomic mass is 16.5. The fraction of sp³-hybridized carbons (Fsp3) is 0.718. The number of carbonyl (C=O) groups is 5. The summed E-state index contributed by atoms with van der Waals surface area (Å²) in [5, 5.41) is 18.8. The van der Waals surface area contributed by atoms with E-state index in [9.17, 15) is 34.2 Å². The van der Waals surface area contributed by atoms with Crippen molar-refractivity contribution in [1.29, 1.82) is 0 Å². The van der Waals surface area contributed by atoms with Gasteiger partial charge in [0.15, 0.2) is 0 Å². The molecule has 1 aliphatic heterocycles. The summed E-state index contributed by atoms with van der Waals surface area (Å²) >= 11 is 0. The maximum atomic E-state index is 13.7. The predicted octanol–water partition coefficient (Wildman–Crippen LogP) is 7.11. The Morgan fingerprint density at radius 2 is 1.30 bits per heavy atom. The predicted molar refractivity (Wildman–Crippen MR) is 190 cm³/mol. The number of esters is 2. The smallest absolute Gasteiger partial charge is 0.309 e. The molecule has 1 aromatic rings. The fourth-order valence-corrected chi connectivity index (χ4v) is 6.35. The molecule has 2 amide bonds. The number of benzene rings is 1. The molecule has 2 N–H and O–H groups in total. The van der Waals surface area contributed by atoms with Gasteiger partial charge in [-0.2, -0.15) is 0 Å². The molecule has 0 aliphatic carbocycles. The molecular weight excluding hydrogens is 642 g/mol. The Balaban J connectivity index is 2.05. The van der Waals surface area contributed by atoms with Gasteiger partial charge in [-0.25, -0.2) is 0 Å². The van der Waals surface area contributed by atoms with Gasteiger partial charge < -0.3 is 24.4 Å². The number of rotatable bonds is 27. The van der Waals surface area contributed by atoms with Gasteiger partial charge in [0.05, 0.1) is 49.2 Å². The van der Waals surface area contributed by atoms with Crippen LogP contribution in [-0.4, -0.2) is 66.4 Å². The number of unbranched alkanes of at least 4 members (excludes halogenated alkanes) is 10. The number of amides is 2. The molecule has 282 valence electrons. The lowest BCUT2D eigenvalue weighted by molar-refractivity contribution is -0.155. The van der Waals surface area contributed by atoms with E-state index in [4.69, 9.17) is 14.2 Å². The van der Waals surface area contributed by atoms with Gasteiger partial charge in [0.2, 0.25) is 11.8 Å². The van der Waals surface area contributed by atoms with Crippen LogP contribution < -0.4 is 9.64 Å². The van der Waals surface area contributed by atoms with Crippen LogP contribution in [0.4, 0.5) is 5.69 Å². The molecular formula is C39H61NO10. The number of carboxylic acids is 1. The van der Waals surface area contributed by atoms with Gasteiger partial charge in [-0.05, 0) is 56.4 Å². The first kappa shape index (κ1) is 42.7. The van der Waals surface area contributed by atoms with Gasteiger partial charge in [-0.3, -0.25) is 28.9 Å². The Morgan fingerprint density at radius 3 is 1.88 bits per heavy atom. The SMILES string of the molecule is CCCCCCCCCCCCOc1ccc(N2C(=O)C(C)C(CC(CC(CC(C)C(=O)O)C(=O)OCCCC)C(=O)OCCO)C2=O)cc1. The maximum Gasteiger partial charge on any atom is 0.309 e. The van der Waals surface area contributed by atoms with Gasteiger partial charge in [0.25, 0.3) is 0 Å². The first-order chi connectivity index (χ1) is 24.0. The number of aliphatic carboxylic acids is 1. The average Bonchev–Trinajstić information content (AvgIpc) is 3.31. The number of imide groups is 1. The number of carboxylic acid groups (broad SMARTS) is 1. The second kappa shape index (κ2) is 23.8. The molecule has 1 aliphatic rings. The minimum Gasteiger partial charge on any atom is -0.494 e. The van der Waals surface area contributed by atoms with Crippen molar-refractivity contribution < 1.29 is 48.4 Å². The maximum absolute atomic E-state index is 13.7. The largest absolute Gasteiger partial charge is 0.494 e. The summed E-state index contributed by atoms with van der Waals surface area (Å²) in [5.74, 6) is -7.16. The number of carbonyl (C=O) groups excluding carboxylic acids is 4. The van der Waals surface area contributed by atoms with E-state index in [1.165, 1.54) is 58.3 Å². The highest BCUT2D eigenvalue weighted by Gasteiger charge is 2.48. The fourth-order valence-electron chi connectivity index (χ4n) is 6.35. The minimum atomic E-state index is -1.09. The molecule has 11 nitrogen and oxygen atoms in total. The summed E-state index contributed by atoms with van der Waals surface area (Å²) in [5.41, 5.74) is 0.396. The number of ether oxygens (including phenoxy) is 3. The Labute approximate surface area is 298 Å². The molecule has 0 radical (unpaired) electrons. The van der Waals surface area contributed by atoms with Crippen molar-refractivity contribution in [3.8, 4) is 5.75 Å². The van der Waals surface area contributed by atoms with E-state index in [1.54, 1.807) is 31.2 Å². The molecule has 5 unspecified atom stereocenters. The monoisotopic (exact) mass is 703 g/mol.